The first-order valence-corrected chi connectivity index (χ1v) is 6.87. The van der Waals surface area contributed by atoms with E-state index in [9.17, 15) is 4.79 Å². The highest BCUT2D eigenvalue weighted by molar-refractivity contribution is 5.68. The van der Waals surface area contributed by atoms with E-state index in [-0.39, 0.29) is 6.09 Å². The maximum absolute atomic E-state index is 12.0. The summed E-state index contributed by atoms with van der Waals surface area (Å²) in [6.07, 6.45) is 3.29. The molecule has 0 unspecified atom stereocenters. The Morgan fingerprint density at radius 1 is 1.15 bits per heavy atom. The number of piperazine rings is 1. The number of hydrogen-bond acceptors (Lipinski definition) is 5. The fourth-order valence-corrected chi connectivity index (χ4v) is 1.99. The number of rotatable bonds is 1. The highest BCUT2D eigenvalue weighted by Gasteiger charge is 2.26. The van der Waals surface area contributed by atoms with Crippen molar-refractivity contribution < 1.29 is 9.53 Å². The minimum atomic E-state index is -0.448. The number of hydrogen-bond donors (Lipinski definition) is 0. The van der Waals surface area contributed by atoms with Gasteiger partial charge in [-0.05, 0) is 27.7 Å². The molecule has 6 heteroatoms. The third-order valence-corrected chi connectivity index (χ3v) is 3.02. The second-order valence-electron chi connectivity index (χ2n) is 5.97. The molecular weight excluding hydrogens is 256 g/mol. The van der Waals surface area contributed by atoms with Crippen LogP contribution in [0.4, 0.5) is 10.6 Å². The number of amides is 1. The molecule has 1 saturated heterocycles. The molecule has 0 N–H and O–H groups in total. The number of carbonyl (C=O) groups is 1. The van der Waals surface area contributed by atoms with Gasteiger partial charge in [0.2, 0.25) is 0 Å². The number of aryl methyl sites for hydroxylation is 1. The molecule has 2 heterocycles. The lowest BCUT2D eigenvalue weighted by Gasteiger charge is -2.36. The molecule has 0 radical (unpaired) electrons. The molecule has 6 nitrogen and oxygen atoms in total. The number of carbonyl (C=O) groups excluding carboxylic acids is 1. The summed E-state index contributed by atoms with van der Waals surface area (Å²) in [4.78, 5) is 24.4. The summed E-state index contributed by atoms with van der Waals surface area (Å²) in [5, 5.41) is 0. The molecule has 0 spiro atoms. The molecule has 0 bridgehead atoms. The summed E-state index contributed by atoms with van der Waals surface area (Å²) in [5.74, 6) is 0.861. The summed E-state index contributed by atoms with van der Waals surface area (Å²) in [6.45, 7) is 10.3. The maximum atomic E-state index is 12.0. The highest BCUT2D eigenvalue weighted by Crippen LogP contribution is 2.15. The molecular formula is C14H22N4O2. The Balaban J connectivity index is 1.89. The van der Waals surface area contributed by atoms with Crippen LogP contribution < -0.4 is 4.90 Å². The van der Waals surface area contributed by atoms with Crippen molar-refractivity contribution in [2.24, 2.45) is 0 Å². The lowest BCUT2D eigenvalue weighted by atomic mass is 10.2. The van der Waals surface area contributed by atoms with Crippen molar-refractivity contribution in [3.8, 4) is 0 Å². The van der Waals surface area contributed by atoms with E-state index in [0.29, 0.717) is 13.1 Å². The number of aromatic nitrogens is 2. The Morgan fingerprint density at radius 3 is 2.30 bits per heavy atom. The van der Waals surface area contributed by atoms with Gasteiger partial charge in [0.1, 0.15) is 11.4 Å². The van der Waals surface area contributed by atoms with Crippen LogP contribution in [0.3, 0.4) is 0 Å². The van der Waals surface area contributed by atoms with Crippen LogP contribution in [0.2, 0.25) is 0 Å². The average molecular weight is 278 g/mol. The average Bonchev–Trinajstić information content (AvgIpc) is 2.38. The summed E-state index contributed by atoms with van der Waals surface area (Å²) >= 11 is 0. The molecule has 1 aliphatic heterocycles. The van der Waals surface area contributed by atoms with Gasteiger partial charge < -0.3 is 14.5 Å². The second kappa shape index (κ2) is 5.64. The number of ether oxygens (including phenoxy) is 1. The first-order valence-electron chi connectivity index (χ1n) is 6.87. The minimum absolute atomic E-state index is 0.243. The Kier molecular flexibility index (Phi) is 4.11. The van der Waals surface area contributed by atoms with Crippen LogP contribution in [0.1, 0.15) is 26.5 Å². The highest BCUT2D eigenvalue weighted by atomic mass is 16.6. The van der Waals surface area contributed by atoms with Crippen molar-refractivity contribution >= 4 is 11.9 Å². The van der Waals surface area contributed by atoms with E-state index < -0.39 is 5.60 Å². The topological polar surface area (TPSA) is 58.6 Å². The van der Waals surface area contributed by atoms with E-state index in [0.717, 1.165) is 24.6 Å². The summed E-state index contributed by atoms with van der Waals surface area (Å²) in [5.41, 5.74) is 0.456. The first kappa shape index (κ1) is 14.6. The summed E-state index contributed by atoms with van der Waals surface area (Å²) in [7, 11) is 0. The molecule has 0 aromatic carbocycles. The van der Waals surface area contributed by atoms with Crippen LogP contribution in [-0.2, 0) is 4.74 Å². The zero-order valence-corrected chi connectivity index (χ0v) is 12.6. The van der Waals surface area contributed by atoms with E-state index in [1.807, 2.05) is 27.7 Å². The Hall–Kier alpha value is -1.85. The number of nitrogens with zero attached hydrogens (tertiary/aromatic N) is 4. The largest absolute Gasteiger partial charge is 0.444 e. The lowest BCUT2D eigenvalue weighted by molar-refractivity contribution is 0.0240. The lowest BCUT2D eigenvalue weighted by Crippen LogP contribution is -2.50. The van der Waals surface area contributed by atoms with Gasteiger partial charge in [0, 0.05) is 26.2 Å². The van der Waals surface area contributed by atoms with Gasteiger partial charge in [0.05, 0.1) is 18.1 Å². The van der Waals surface area contributed by atoms with E-state index in [4.69, 9.17) is 4.74 Å². The van der Waals surface area contributed by atoms with E-state index in [2.05, 4.69) is 14.9 Å². The van der Waals surface area contributed by atoms with Crippen LogP contribution >= 0.6 is 0 Å². The Bertz CT molecular complexity index is 459. The molecule has 2 rings (SSSR count). The second-order valence-corrected chi connectivity index (χ2v) is 5.97. The van der Waals surface area contributed by atoms with Crippen molar-refractivity contribution in [3.63, 3.8) is 0 Å². The zero-order chi connectivity index (χ0) is 14.8. The Morgan fingerprint density at radius 2 is 1.80 bits per heavy atom. The predicted octanol–water partition coefficient (Wildman–Crippen LogP) is 1.84. The molecule has 1 amide bonds. The van der Waals surface area contributed by atoms with Gasteiger partial charge in [-0.15, -0.1) is 0 Å². The van der Waals surface area contributed by atoms with Gasteiger partial charge in [-0.2, -0.15) is 0 Å². The van der Waals surface area contributed by atoms with Crippen molar-refractivity contribution in [1.29, 1.82) is 0 Å². The van der Waals surface area contributed by atoms with Gasteiger partial charge >= 0.3 is 6.09 Å². The molecule has 1 fully saturated rings. The SMILES string of the molecule is Cc1cnc(N2CCN(C(=O)OC(C)(C)C)CC2)cn1. The normalized spacial score (nSPS) is 16.2. The van der Waals surface area contributed by atoms with E-state index in [1.165, 1.54) is 0 Å². The van der Waals surface area contributed by atoms with Crippen LogP contribution in [0.15, 0.2) is 12.4 Å². The van der Waals surface area contributed by atoms with Crippen molar-refractivity contribution in [3.05, 3.63) is 18.1 Å². The fraction of sp³-hybridized carbons (Fsp3) is 0.643. The molecule has 1 aliphatic rings. The number of anilines is 1. The molecule has 110 valence electrons. The van der Waals surface area contributed by atoms with Gasteiger partial charge in [-0.1, -0.05) is 0 Å². The fourth-order valence-electron chi connectivity index (χ4n) is 1.99. The van der Waals surface area contributed by atoms with Crippen LogP contribution in [0, 0.1) is 6.92 Å². The quantitative estimate of drug-likeness (QED) is 0.784. The van der Waals surface area contributed by atoms with Gasteiger partial charge in [-0.25, -0.2) is 9.78 Å². The third kappa shape index (κ3) is 3.82. The summed E-state index contributed by atoms with van der Waals surface area (Å²) < 4.78 is 5.37. The minimum Gasteiger partial charge on any atom is -0.444 e. The van der Waals surface area contributed by atoms with Crippen molar-refractivity contribution in [2.45, 2.75) is 33.3 Å². The predicted molar refractivity (Wildman–Crippen MR) is 76.8 cm³/mol. The molecule has 1 aromatic rings. The van der Waals surface area contributed by atoms with Crippen molar-refractivity contribution in [2.75, 3.05) is 31.1 Å². The molecule has 0 saturated carbocycles. The smallest absolute Gasteiger partial charge is 0.410 e. The zero-order valence-electron chi connectivity index (χ0n) is 12.6. The molecule has 1 aromatic heterocycles. The third-order valence-electron chi connectivity index (χ3n) is 3.02. The van der Waals surface area contributed by atoms with Crippen LogP contribution in [0.5, 0.6) is 0 Å². The van der Waals surface area contributed by atoms with E-state index in [1.54, 1.807) is 17.3 Å². The first-order chi connectivity index (χ1) is 9.35. The van der Waals surface area contributed by atoms with E-state index >= 15 is 0 Å². The Labute approximate surface area is 119 Å². The molecule has 0 atom stereocenters. The van der Waals surface area contributed by atoms with Gasteiger partial charge in [0.15, 0.2) is 0 Å². The standard InChI is InChI=1S/C14H22N4O2/c1-11-9-16-12(10-15-11)17-5-7-18(8-6-17)13(19)20-14(2,3)4/h9-10H,5-8H2,1-4H3. The van der Waals surface area contributed by atoms with Crippen LogP contribution in [-0.4, -0.2) is 52.7 Å². The van der Waals surface area contributed by atoms with Crippen molar-refractivity contribution in [1.82, 2.24) is 14.9 Å². The van der Waals surface area contributed by atoms with Crippen LogP contribution in [0.25, 0.3) is 0 Å². The maximum Gasteiger partial charge on any atom is 0.410 e. The van der Waals surface area contributed by atoms with Gasteiger partial charge in [0.25, 0.3) is 0 Å². The monoisotopic (exact) mass is 278 g/mol. The summed E-state index contributed by atoms with van der Waals surface area (Å²) in [6, 6.07) is 0. The molecule has 0 aliphatic carbocycles. The van der Waals surface area contributed by atoms with Gasteiger partial charge in [-0.3, -0.25) is 4.98 Å². The molecule has 20 heavy (non-hydrogen) atoms.